The van der Waals surface area contributed by atoms with Gasteiger partial charge in [-0.25, -0.2) is 14.4 Å². The van der Waals surface area contributed by atoms with Gasteiger partial charge >= 0.3 is 18.4 Å². The Bertz CT molecular complexity index is 1490. The number of piperidine rings is 1. The summed E-state index contributed by atoms with van der Waals surface area (Å²) >= 11 is 0. The number of amides is 1. The molecule has 0 aromatic heterocycles. The normalized spacial score (nSPS) is 30.0. The van der Waals surface area contributed by atoms with Crippen LogP contribution in [0.2, 0.25) is 0 Å². The van der Waals surface area contributed by atoms with Crippen molar-refractivity contribution in [2.45, 2.75) is 55.8 Å². The number of nitrogens with zero attached hydrogens (tertiary/aromatic N) is 1. The molecule has 212 valence electrons. The summed E-state index contributed by atoms with van der Waals surface area (Å²) in [4.78, 5) is 40.2. The topological polar surface area (TPSA) is 110 Å². The number of ether oxygens (including phenoxy) is 6. The van der Waals surface area contributed by atoms with E-state index < -0.39 is 29.9 Å². The molecule has 1 spiro atoms. The van der Waals surface area contributed by atoms with E-state index in [1.807, 2.05) is 41.3 Å². The van der Waals surface area contributed by atoms with E-state index in [1.54, 1.807) is 6.07 Å². The number of likely N-dealkylation sites (tertiary alicyclic amines) is 1. The Labute approximate surface area is 236 Å². The fourth-order valence-electron chi connectivity index (χ4n) is 6.81. The third-order valence-electron chi connectivity index (χ3n) is 9.11. The van der Waals surface area contributed by atoms with Gasteiger partial charge in [0.05, 0.1) is 5.41 Å². The lowest BCUT2D eigenvalue weighted by Crippen LogP contribution is -2.66. The molecule has 1 saturated heterocycles. The predicted octanol–water partition coefficient (Wildman–Crippen LogP) is 4.67. The van der Waals surface area contributed by atoms with Crippen LogP contribution < -0.4 is 9.47 Å². The maximum Gasteiger partial charge on any atom is 0.514 e. The highest BCUT2D eigenvalue weighted by atomic mass is 16.7. The molecular weight excluding hydrogens is 530 g/mol. The summed E-state index contributed by atoms with van der Waals surface area (Å²) in [5.74, 6) is 0.615. The molecule has 2 unspecified atom stereocenters. The minimum Gasteiger partial charge on any atom is -0.481 e. The Morgan fingerprint density at radius 3 is 2.29 bits per heavy atom. The highest BCUT2D eigenvalue weighted by Crippen LogP contribution is 2.63. The highest BCUT2D eigenvalue weighted by molar-refractivity contribution is 5.72. The zero-order valence-electron chi connectivity index (χ0n) is 22.3. The van der Waals surface area contributed by atoms with Crippen LogP contribution in [0.15, 0.2) is 59.2 Å². The van der Waals surface area contributed by atoms with E-state index in [2.05, 4.69) is 0 Å². The summed E-state index contributed by atoms with van der Waals surface area (Å²) in [6.07, 6.45) is 10.4. The lowest BCUT2D eigenvalue weighted by atomic mass is 9.53. The van der Waals surface area contributed by atoms with Crippen molar-refractivity contribution >= 4 is 18.4 Å². The van der Waals surface area contributed by atoms with E-state index in [0.29, 0.717) is 31.7 Å². The van der Waals surface area contributed by atoms with Crippen LogP contribution >= 0.6 is 0 Å². The van der Waals surface area contributed by atoms with Crippen LogP contribution in [0.4, 0.5) is 14.4 Å². The Hall–Kier alpha value is -4.21. The minimum atomic E-state index is -0.803. The first kappa shape index (κ1) is 24.6. The molecule has 10 heteroatoms. The van der Waals surface area contributed by atoms with Gasteiger partial charge in [0.15, 0.2) is 17.6 Å². The van der Waals surface area contributed by atoms with E-state index >= 15 is 0 Å². The molecule has 2 bridgehead atoms. The van der Waals surface area contributed by atoms with Gasteiger partial charge in [-0.15, -0.1) is 0 Å². The Morgan fingerprint density at radius 2 is 1.59 bits per heavy atom. The number of hydrogen-bond donors (Lipinski definition) is 0. The summed E-state index contributed by atoms with van der Waals surface area (Å²) in [6, 6.07) is 3.47. The van der Waals surface area contributed by atoms with E-state index in [-0.39, 0.29) is 37.0 Å². The van der Waals surface area contributed by atoms with E-state index in [0.717, 1.165) is 47.1 Å². The molecule has 1 amide bonds. The van der Waals surface area contributed by atoms with Crippen molar-refractivity contribution < 1.29 is 42.8 Å². The van der Waals surface area contributed by atoms with Crippen LogP contribution in [0.3, 0.4) is 0 Å². The van der Waals surface area contributed by atoms with Gasteiger partial charge < -0.3 is 33.3 Å². The van der Waals surface area contributed by atoms with Gasteiger partial charge in [-0.2, -0.15) is 0 Å². The maximum absolute atomic E-state index is 13.2. The van der Waals surface area contributed by atoms with Gasteiger partial charge in [-0.1, -0.05) is 30.4 Å². The Morgan fingerprint density at radius 1 is 0.902 bits per heavy atom. The average molecular weight is 560 g/mol. The van der Waals surface area contributed by atoms with Crippen LogP contribution in [-0.2, 0) is 30.8 Å². The number of carbonyl (C=O) groups is 3. The largest absolute Gasteiger partial charge is 0.514 e. The second-order valence-electron chi connectivity index (χ2n) is 11.6. The van der Waals surface area contributed by atoms with Gasteiger partial charge in [-0.05, 0) is 66.5 Å². The van der Waals surface area contributed by atoms with Gasteiger partial charge in [0.2, 0.25) is 0 Å². The fourth-order valence-corrected chi connectivity index (χ4v) is 6.81. The zero-order chi connectivity index (χ0) is 27.7. The lowest BCUT2D eigenvalue weighted by Gasteiger charge is -2.56. The van der Waals surface area contributed by atoms with Crippen molar-refractivity contribution in [1.82, 2.24) is 4.90 Å². The number of allylic oxidation sites excluding steroid dienone is 3. The molecule has 0 radical (unpaired) electrons. The van der Waals surface area contributed by atoms with E-state index in [1.165, 1.54) is 0 Å². The molecule has 1 aromatic carbocycles. The van der Waals surface area contributed by atoms with Crippen molar-refractivity contribution in [2.24, 2.45) is 5.92 Å². The summed E-state index contributed by atoms with van der Waals surface area (Å²) < 4.78 is 34.2. The van der Waals surface area contributed by atoms with E-state index in [4.69, 9.17) is 28.4 Å². The SMILES string of the molecule is O=C(OCC1=CC1)Oc1ccc2c3c1O[C@H]1C(OC(=O)OCC4=CC4)C=CC4[C@@H](C2)N(C(=O)OCC2=CC2)CC[C@@]341. The number of benzene rings is 1. The number of carbonyl (C=O) groups excluding carboxylic acids is 3. The minimum absolute atomic E-state index is 0.112. The van der Waals surface area contributed by atoms with Gasteiger partial charge in [0.1, 0.15) is 25.9 Å². The quantitative estimate of drug-likeness (QED) is 0.194. The van der Waals surface area contributed by atoms with Crippen molar-refractivity contribution in [3.63, 3.8) is 0 Å². The highest BCUT2D eigenvalue weighted by Gasteiger charge is 2.66. The van der Waals surface area contributed by atoms with E-state index in [9.17, 15) is 14.4 Å². The second kappa shape index (κ2) is 9.15. The van der Waals surface area contributed by atoms with Crippen LogP contribution in [0.25, 0.3) is 0 Å². The third kappa shape index (κ3) is 4.27. The Balaban J connectivity index is 1.11. The molecule has 5 atom stereocenters. The molecule has 7 aliphatic rings. The molecule has 8 rings (SSSR count). The second-order valence-corrected chi connectivity index (χ2v) is 11.6. The lowest BCUT2D eigenvalue weighted by molar-refractivity contribution is -0.0634. The summed E-state index contributed by atoms with van der Waals surface area (Å²) in [5.41, 5.74) is 4.62. The number of rotatable bonds is 8. The van der Waals surface area contributed by atoms with Crippen molar-refractivity contribution in [1.29, 1.82) is 0 Å². The summed E-state index contributed by atoms with van der Waals surface area (Å²) in [5, 5.41) is 0. The molecule has 10 nitrogen and oxygen atoms in total. The molecular formula is C31H29NO9. The van der Waals surface area contributed by atoms with Gasteiger partial charge in [0.25, 0.3) is 0 Å². The molecule has 41 heavy (non-hydrogen) atoms. The van der Waals surface area contributed by atoms with Crippen LogP contribution in [-0.4, -0.2) is 67.9 Å². The molecule has 0 N–H and O–H groups in total. The number of hydrogen-bond acceptors (Lipinski definition) is 9. The first-order chi connectivity index (χ1) is 20.0. The van der Waals surface area contributed by atoms with Gasteiger partial charge in [0, 0.05) is 24.1 Å². The zero-order valence-corrected chi connectivity index (χ0v) is 22.3. The van der Waals surface area contributed by atoms with Crippen LogP contribution in [0, 0.1) is 5.92 Å². The molecule has 2 heterocycles. The molecule has 1 aromatic rings. The monoisotopic (exact) mass is 559 g/mol. The molecule has 5 aliphatic carbocycles. The molecule has 0 saturated carbocycles. The summed E-state index contributed by atoms with van der Waals surface area (Å²) in [6.45, 7) is 1.20. The van der Waals surface area contributed by atoms with Crippen LogP contribution in [0.1, 0.15) is 36.8 Å². The summed E-state index contributed by atoms with van der Waals surface area (Å²) in [7, 11) is 0. The average Bonchev–Trinajstić information content (AvgIpc) is 3.83. The van der Waals surface area contributed by atoms with Gasteiger partial charge in [-0.3, -0.25) is 0 Å². The smallest absolute Gasteiger partial charge is 0.481 e. The molecule has 1 fully saturated rings. The third-order valence-corrected chi connectivity index (χ3v) is 9.11. The maximum atomic E-state index is 13.2. The Kier molecular flexibility index (Phi) is 5.49. The first-order valence-corrected chi connectivity index (χ1v) is 14.2. The van der Waals surface area contributed by atoms with Crippen LogP contribution in [0.5, 0.6) is 11.5 Å². The standard InChI is InChI=1S/C31H29NO9/c33-28(36-14-17-1-2-17)32-12-11-31-21-8-10-24(40-30(35)38-16-19-5-6-19)27(31)41-26-23(39-29(34)37-15-18-3-4-18)9-7-20(25(26)31)13-22(21)32/h1,3,5,7-10,21-22,24,27H,2,4,6,11-16H2/t21?,22-,24?,27+,31+/m1/s1. The van der Waals surface area contributed by atoms with Crippen molar-refractivity contribution in [3.8, 4) is 11.5 Å². The van der Waals surface area contributed by atoms with Crippen molar-refractivity contribution in [2.75, 3.05) is 26.4 Å². The molecule has 2 aliphatic heterocycles. The first-order valence-electron chi connectivity index (χ1n) is 14.2. The van der Waals surface area contributed by atoms with Crippen molar-refractivity contribution in [3.05, 3.63) is 70.4 Å². The fraction of sp³-hybridized carbons (Fsp3) is 0.452. The predicted molar refractivity (Wildman–Crippen MR) is 142 cm³/mol.